The van der Waals surface area contributed by atoms with Crippen LogP contribution in [0.25, 0.3) is 0 Å². The predicted octanol–water partition coefficient (Wildman–Crippen LogP) is 3.25. The van der Waals surface area contributed by atoms with E-state index < -0.39 is 17.8 Å². The van der Waals surface area contributed by atoms with E-state index in [1.807, 2.05) is 0 Å². The van der Waals surface area contributed by atoms with E-state index >= 15 is 0 Å². The highest BCUT2D eigenvalue weighted by molar-refractivity contribution is 9.10. The minimum absolute atomic E-state index is 0.000885. The first-order valence-electron chi connectivity index (χ1n) is 5.41. The van der Waals surface area contributed by atoms with Crippen molar-refractivity contribution >= 4 is 15.9 Å². The first-order chi connectivity index (χ1) is 8.80. The standard InChI is InChI=1S/C12H11BrF3N3/c1-19-10(4-5-18-19)11(17)7-2-3-9(13)8(6-7)12(14,15)16/h2-6,11H,17H2,1H3. The van der Waals surface area contributed by atoms with Gasteiger partial charge in [-0.15, -0.1) is 0 Å². The quantitative estimate of drug-likeness (QED) is 0.916. The lowest BCUT2D eigenvalue weighted by Crippen LogP contribution is -2.17. The van der Waals surface area contributed by atoms with Crippen LogP contribution in [0.4, 0.5) is 13.2 Å². The van der Waals surface area contributed by atoms with Crippen LogP contribution in [0.5, 0.6) is 0 Å². The van der Waals surface area contributed by atoms with Gasteiger partial charge in [-0.1, -0.05) is 22.0 Å². The van der Waals surface area contributed by atoms with Gasteiger partial charge >= 0.3 is 6.18 Å². The van der Waals surface area contributed by atoms with Crippen LogP contribution in [0, 0.1) is 0 Å². The van der Waals surface area contributed by atoms with E-state index in [0.29, 0.717) is 11.3 Å². The number of nitrogens with two attached hydrogens (primary N) is 1. The highest BCUT2D eigenvalue weighted by atomic mass is 79.9. The molecular weight excluding hydrogens is 323 g/mol. The van der Waals surface area contributed by atoms with Crippen molar-refractivity contribution in [3.05, 3.63) is 51.8 Å². The fourth-order valence-corrected chi connectivity index (χ4v) is 2.28. The Morgan fingerprint density at radius 1 is 1.32 bits per heavy atom. The van der Waals surface area contributed by atoms with Crippen LogP contribution in [-0.2, 0) is 13.2 Å². The molecular formula is C12H11BrF3N3. The molecule has 0 aliphatic heterocycles. The maximum absolute atomic E-state index is 12.8. The third-order valence-corrected chi connectivity index (χ3v) is 3.52. The van der Waals surface area contributed by atoms with Crippen LogP contribution in [-0.4, -0.2) is 9.78 Å². The van der Waals surface area contributed by atoms with E-state index in [-0.39, 0.29) is 4.47 Å². The van der Waals surface area contributed by atoms with E-state index in [1.165, 1.54) is 6.07 Å². The molecule has 0 radical (unpaired) electrons. The van der Waals surface area contributed by atoms with Crippen molar-refractivity contribution in [3.63, 3.8) is 0 Å². The van der Waals surface area contributed by atoms with E-state index in [0.717, 1.165) is 6.07 Å². The molecule has 102 valence electrons. The lowest BCUT2D eigenvalue weighted by Gasteiger charge is -2.16. The molecule has 2 rings (SSSR count). The average molecular weight is 334 g/mol. The number of benzene rings is 1. The molecule has 7 heteroatoms. The number of alkyl halides is 3. The van der Waals surface area contributed by atoms with Gasteiger partial charge in [-0.05, 0) is 23.8 Å². The smallest absolute Gasteiger partial charge is 0.319 e. The summed E-state index contributed by atoms with van der Waals surface area (Å²) >= 11 is 2.90. The molecule has 1 atom stereocenters. The van der Waals surface area contributed by atoms with Crippen molar-refractivity contribution < 1.29 is 13.2 Å². The van der Waals surface area contributed by atoms with Crippen LogP contribution in [0.1, 0.15) is 22.9 Å². The van der Waals surface area contributed by atoms with Crippen molar-refractivity contribution in [2.45, 2.75) is 12.2 Å². The van der Waals surface area contributed by atoms with Gasteiger partial charge in [-0.2, -0.15) is 18.3 Å². The molecule has 0 spiro atoms. The van der Waals surface area contributed by atoms with Crippen molar-refractivity contribution in [1.82, 2.24) is 9.78 Å². The SMILES string of the molecule is Cn1nccc1C(N)c1ccc(Br)c(C(F)(F)F)c1. The van der Waals surface area contributed by atoms with Crippen LogP contribution < -0.4 is 5.73 Å². The second-order valence-corrected chi connectivity index (χ2v) is 4.95. The molecule has 0 fully saturated rings. The van der Waals surface area contributed by atoms with Gasteiger partial charge < -0.3 is 5.73 Å². The van der Waals surface area contributed by atoms with Gasteiger partial charge in [0.15, 0.2) is 0 Å². The topological polar surface area (TPSA) is 43.8 Å². The third kappa shape index (κ3) is 2.82. The maximum Gasteiger partial charge on any atom is 0.417 e. The Balaban J connectivity index is 2.44. The molecule has 0 aliphatic carbocycles. The summed E-state index contributed by atoms with van der Waals surface area (Å²) in [5.74, 6) is 0. The van der Waals surface area contributed by atoms with Gasteiger partial charge in [0.25, 0.3) is 0 Å². The van der Waals surface area contributed by atoms with Crippen molar-refractivity contribution in [2.75, 3.05) is 0 Å². The summed E-state index contributed by atoms with van der Waals surface area (Å²) < 4.78 is 40.0. The van der Waals surface area contributed by atoms with Crippen molar-refractivity contribution in [3.8, 4) is 0 Å². The fraction of sp³-hybridized carbons (Fsp3) is 0.250. The molecule has 0 saturated heterocycles. The number of aromatic nitrogens is 2. The molecule has 0 saturated carbocycles. The van der Waals surface area contributed by atoms with Gasteiger partial charge in [-0.3, -0.25) is 4.68 Å². The van der Waals surface area contributed by atoms with Crippen LogP contribution in [0.3, 0.4) is 0 Å². The van der Waals surface area contributed by atoms with Crippen LogP contribution in [0.2, 0.25) is 0 Å². The van der Waals surface area contributed by atoms with E-state index in [9.17, 15) is 13.2 Å². The lowest BCUT2D eigenvalue weighted by molar-refractivity contribution is -0.138. The van der Waals surface area contributed by atoms with E-state index in [2.05, 4.69) is 21.0 Å². The van der Waals surface area contributed by atoms with Crippen molar-refractivity contribution in [1.29, 1.82) is 0 Å². The normalized spacial score (nSPS) is 13.6. The number of halogens is 4. The molecule has 2 aromatic rings. The third-order valence-electron chi connectivity index (χ3n) is 2.83. The van der Waals surface area contributed by atoms with Crippen molar-refractivity contribution in [2.24, 2.45) is 12.8 Å². The highest BCUT2D eigenvalue weighted by Crippen LogP contribution is 2.36. The van der Waals surface area contributed by atoms with Crippen LogP contribution in [0.15, 0.2) is 34.9 Å². The summed E-state index contributed by atoms with van der Waals surface area (Å²) in [5, 5.41) is 3.96. The summed E-state index contributed by atoms with van der Waals surface area (Å²) in [6.45, 7) is 0. The monoisotopic (exact) mass is 333 g/mol. The minimum atomic E-state index is -4.42. The molecule has 1 heterocycles. The highest BCUT2D eigenvalue weighted by Gasteiger charge is 2.33. The molecule has 1 aromatic carbocycles. The molecule has 0 bridgehead atoms. The van der Waals surface area contributed by atoms with Gasteiger partial charge in [-0.25, -0.2) is 0 Å². The zero-order valence-electron chi connectivity index (χ0n) is 9.95. The number of rotatable bonds is 2. The van der Waals surface area contributed by atoms with Gasteiger partial charge in [0.1, 0.15) is 0 Å². The Labute approximate surface area is 116 Å². The van der Waals surface area contributed by atoms with Gasteiger partial charge in [0, 0.05) is 17.7 Å². The van der Waals surface area contributed by atoms with E-state index in [1.54, 1.807) is 30.1 Å². The fourth-order valence-electron chi connectivity index (χ4n) is 1.81. The summed E-state index contributed by atoms with van der Waals surface area (Å²) in [5.41, 5.74) is 6.28. The first kappa shape index (κ1) is 14.1. The van der Waals surface area contributed by atoms with Gasteiger partial charge in [0.2, 0.25) is 0 Å². The molecule has 2 N–H and O–H groups in total. The molecule has 0 amide bonds. The number of hydrogen-bond acceptors (Lipinski definition) is 2. The molecule has 1 unspecified atom stereocenters. The first-order valence-corrected chi connectivity index (χ1v) is 6.20. The second-order valence-electron chi connectivity index (χ2n) is 4.09. The maximum atomic E-state index is 12.8. The Bertz CT molecular complexity index is 592. The van der Waals surface area contributed by atoms with Crippen LogP contribution >= 0.6 is 15.9 Å². The largest absolute Gasteiger partial charge is 0.417 e. The summed E-state index contributed by atoms with van der Waals surface area (Å²) in [6.07, 6.45) is -2.86. The zero-order chi connectivity index (χ0) is 14.2. The summed E-state index contributed by atoms with van der Waals surface area (Å²) in [6, 6.07) is 5.01. The Hall–Kier alpha value is -1.34. The Morgan fingerprint density at radius 2 is 2.00 bits per heavy atom. The summed E-state index contributed by atoms with van der Waals surface area (Å²) in [7, 11) is 1.69. The van der Waals surface area contributed by atoms with E-state index in [4.69, 9.17) is 5.73 Å². The molecule has 1 aromatic heterocycles. The number of aryl methyl sites for hydroxylation is 1. The van der Waals surface area contributed by atoms with Gasteiger partial charge in [0.05, 0.1) is 17.3 Å². The second kappa shape index (κ2) is 4.97. The molecule has 0 aliphatic rings. The zero-order valence-corrected chi connectivity index (χ0v) is 11.5. The number of hydrogen-bond donors (Lipinski definition) is 1. The molecule has 3 nitrogen and oxygen atoms in total. The average Bonchev–Trinajstić information content (AvgIpc) is 2.73. The number of nitrogens with zero attached hydrogens (tertiary/aromatic N) is 2. The Morgan fingerprint density at radius 3 is 2.53 bits per heavy atom. The Kier molecular flexibility index (Phi) is 3.69. The molecule has 19 heavy (non-hydrogen) atoms. The minimum Gasteiger partial charge on any atom is -0.319 e. The predicted molar refractivity (Wildman–Crippen MR) is 68.4 cm³/mol. The lowest BCUT2D eigenvalue weighted by atomic mass is 10.0. The summed E-state index contributed by atoms with van der Waals surface area (Å²) in [4.78, 5) is 0.